The summed E-state index contributed by atoms with van der Waals surface area (Å²) in [6, 6.07) is 19.8. The number of hydrogen-bond acceptors (Lipinski definition) is 2. The Morgan fingerprint density at radius 3 is 1.79 bits per heavy atom. The van der Waals surface area contributed by atoms with Crippen LogP contribution in [0.4, 0.5) is 0 Å². The van der Waals surface area contributed by atoms with E-state index < -0.39 is 4.87 Å². The van der Waals surface area contributed by atoms with Gasteiger partial charge >= 0.3 is 0 Å². The van der Waals surface area contributed by atoms with Gasteiger partial charge in [-0.1, -0.05) is 60.7 Å². The lowest BCUT2D eigenvalue weighted by Gasteiger charge is -2.25. The molecule has 0 atom stereocenters. The first-order valence-electron chi connectivity index (χ1n) is 5.98. The molecular formula is C15H12ClN3. The summed E-state index contributed by atoms with van der Waals surface area (Å²) in [4.78, 5) is -0.824. The molecule has 3 aromatic rings. The average molecular weight is 270 g/mol. The summed E-state index contributed by atoms with van der Waals surface area (Å²) < 4.78 is 0. The highest BCUT2D eigenvalue weighted by Gasteiger charge is 2.36. The average Bonchev–Trinajstić information content (AvgIpc) is 3.03. The fraction of sp³-hybridized carbons (Fsp3) is 0.0667. The quantitative estimate of drug-likeness (QED) is 0.741. The lowest BCUT2D eigenvalue weighted by molar-refractivity contribution is 0.812. The highest BCUT2D eigenvalue weighted by atomic mass is 35.5. The number of aromatic nitrogens is 3. The van der Waals surface area contributed by atoms with Gasteiger partial charge in [0.15, 0.2) is 0 Å². The molecule has 0 bridgehead atoms. The SMILES string of the molecule is ClC(c1ccccc1)(c1ccccc1)c1cn[nH]n1. The first kappa shape index (κ1) is 11.9. The monoisotopic (exact) mass is 269 g/mol. The van der Waals surface area contributed by atoms with Crippen LogP contribution < -0.4 is 0 Å². The summed E-state index contributed by atoms with van der Waals surface area (Å²) >= 11 is 6.93. The van der Waals surface area contributed by atoms with Gasteiger partial charge in [0.1, 0.15) is 10.6 Å². The third-order valence-corrected chi connectivity index (χ3v) is 3.74. The highest BCUT2D eigenvalue weighted by molar-refractivity contribution is 6.27. The number of halogens is 1. The Hall–Kier alpha value is -2.13. The number of nitrogens with zero attached hydrogens (tertiary/aromatic N) is 2. The van der Waals surface area contributed by atoms with Crippen molar-refractivity contribution in [3.05, 3.63) is 83.7 Å². The van der Waals surface area contributed by atoms with Crippen LogP contribution in [0.1, 0.15) is 16.8 Å². The van der Waals surface area contributed by atoms with Crippen molar-refractivity contribution in [2.75, 3.05) is 0 Å². The van der Waals surface area contributed by atoms with E-state index in [0.717, 1.165) is 11.1 Å². The van der Waals surface area contributed by atoms with E-state index in [2.05, 4.69) is 15.4 Å². The number of rotatable bonds is 3. The largest absolute Gasteiger partial charge is 0.198 e. The zero-order valence-electron chi connectivity index (χ0n) is 10.1. The van der Waals surface area contributed by atoms with Crippen molar-refractivity contribution in [3.8, 4) is 0 Å². The molecule has 0 radical (unpaired) electrons. The van der Waals surface area contributed by atoms with Gasteiger partial charge in [0.2, 0.25) is 0 Å². The molecule has 0 saturated heterocycles. The molecule has 94 valence electrons. The van der Waals surface area contributed by atoms with E-state index in [9.17, 15) is 0 Å². The van der Waals surface area contributed by atoms with Crippen LogP contribution in [0.15, 0.2) is 66.9 Å². The zero-order valence-corrected chi connectivity index (χ0v) is 10.9. The number of aromatic amines is 1. The van der Waals surface area contributed by atoms with E-state index in [1.807, 2.05) is 60.7 Å². The lowest BCUT2D eigenvalue weighted by Crippen LogP contribution is -2.22. The van der Waals surface area contributed by atoms with Gasteiger partial charge in [-0.25, -0.2) is 0 Å². The smallest absolute Gasteiger partial charge is 0.140 e. The molecule has 4 heteroatoms. The number of benzene rings is 2. The molecule has 0 aliphatic carbocycles. The van der Waals surface area contributed by atoms with E-state index in [1.54, 1.807) is 6.20 Å². The Bertz CT molecular complexity index is 596. The van der Waals surface area contributed by atoms with Crippen molar-refractivity contribution in [3.63, 3.8) is 0 Å². The molecule has 1 aromatic heterocycles. The van der Waals surface area contributed by atoms with E-state index in [-0.39, 0.29) is 0 Å². The van der Waals surface area contributed by atoms with Crippen molar-refractivity contribution >= 4 is 11.6 Å². The maximum absolute atomic E-state index is 6.93. The van der Waals surface area contributed by atoms with Gasteiger partial charge in [-0.15, -0.1) is 11.6 Å². The fourth-order valence-electron chi connectivity index (χ4n) is 2.17. The minimum atomic E-state index is -0.824. The van der Waals surface area contributed by atoms with Gasteiger partial charge in [-0.05, 0) is 11.1 Å². The molecule has 1 N–H and O–H groups in total. The maximum Gasteiger partial charge on any atom is 0.140 e. The van der Waals surface area contributed by atoms with Crippen LogP contribution in [-0.4, -0.2) is 15.4 Å². The minimum Gasteiger partial charge on any atom is -0.198 e. The second-order valence-electron chi connectivity index (χ2n) is 4.25. The Kier molecular flexibility index (Phi) is 3.05. The van der Waals surface area contributed by atoms with Crippen LogP contribution in [0, 0.1) is 0 Å². The fourth-order valence-corrected chi connectivity index (χ4v) is 2.51. The maximum atomic E-state index is 6.93. The second kappa shape index (κ2) is 4.86. The molecule has 0 fully saturated rings. The third kappa shape index (κ3) is 2.02. The van der Waals surface area contributed by atoms with Gasteiger partial charge in [0.25, 0.3) is 0 Å². The Morgan fingerprint density at radius 1 is 0.842 bits per heavy atom. The molecule has 0 aliphatic rings. The summed E-state index contributed by atoms with van der Waals surface area (Å²) in [7, 11) is 0. The van der Waals surface area contributed by atoms with Crippen molar-refractivity contribution in [1.82, 2.24) is 15.4 Å². The van der Waals surface area contributed by atoms with Crippen LogP contribution in [0.25, 0.3) is 0 Å². The number of hydrogen-bond donors (Lipinski definition) is 1. The number of alkyl halides is 1. The van der Waals surface area contributed by atoms with Gasteiger partial charge in [-0.2, -0.15) is 15.4 Å². The predicted octanol–water partition coefficient (Wildman–Crippen LogP) is 3.34. The van der Waals surface area contributed by atoms with Crippen molar-refractivity contribution in [1.29, 1.82) is 0 Å². The first-order valence-corrected chi connectivity index (χ1v) is 6.36. The summed E-state index contributed by atoms with van der Waals surface area (Å²) in [6.45, 7) is 0. The topological polar surface area (TPSA) is 41.6 Å². The molecule has 19 heavy (non-hydrogen) atoms. The second-order valence-corrected chi connectivity index (χ2v) is 4.81. The molecule has 3 nitrogen and oxygen atoms in total. The molecule has 1 heterocycles. The molecular weight excluding hydrogens is 258 g/mol. The van der Waals surface area contributed by atoms with E-state index in [4.69, 9.17) is 11.6 Å². The molecule has 0 unspecified atom stereocenters. The minimum absolute atomic E-state index is 0.687. The van der Waals surface area contributed by atoms with Gasteiger partial charge in [-0.3, -0.25) is 0 Å². The molecule has 0 saturated carbocycles. The van der Waals surface area contributed by atoms with Crippen molar-refractivity contribution in [2.45, 2.75) is 4.87 Å². The summed E-state index contributed by atoms with van der Waals surface area (Å²) in [5.41, 5.74) is 2.63. The number of H-pyrrole nitrogens is 1. The van der Waals surface area contributed by atoms with Crippen LogP contribution in [-0.2, 0) is 4.87 Å². The van der Waals surface area contributed by atoms with Crippen LogP contribution >= 0.6 is 11.6 Å². The van der Waals surface area contributed by atoms with Gasteiger partial charge in [0, 0.05) is 0 Å². The van der Waals surface area contributed by atoms with Crippen molar-refractivity contribution < 1.29 is 0 Å². The zero-order chi connectivity index (χ0) is 13.1. The Balaban J connectivity index is 2.23. The van der Waals surface area contributed by atoms with Crippen LogP contribution in [0.5, 0.6) is 0 Å². The number of nitrogens with one attached hydrogen (secondary N) is 1. The first-order chi connectivity index (χ1) is 9.32. The molecule has 2 aromatic carbocycles. The summed E-state index contributed by atoms with van der Waals surface area (Å²) in [6.07, 6.45) is 1.66. The van der Waals surface area contributed by atoms with E-state index >= 15 is 0 Å². The van der Waals surface area contributed by atoms with Crippen molar-refractivity contribution in [2.24, 2.45) is 0 Å². The van der Waals surface area contributed by atoms with Gasteiger partial charge in [0.05, 0.1) is 6.20 Å². The van der Waals surface area contributed by atoms with Crippen LogP contribution in [0.2, 0.25) is 0 Å². The van der Waals surface area contributed by atoms with E-state index in [1.165, 1.54) is 0 Å². The molecule has 0 spiro atoms. The van der Waals surface area contributed by atoms with E-state index in [0.29, 0.717) is 5.69 Å². The third-order valence-electron chi connectivity index (χ3n) is 3.11. The normalized spacial score (nSPS) is 11.4. The Morgan fingerprint density at radius 2 is 1.37 bits per heavy atom. The highest BCUT2D eigenvalue weighted by Crippen LogP contribution is 2.41. The molecule has 0 amide bonds. The Labute approximate surface area is 116 Å². The molecule has 0 aliphatic heterocycles. The van der Waals surface area contributed by atoms with Gasteiger partial charge < -0.3 is 0 Å². The predicted molar refractivity (Wildman–Crippen MR) is 75.0 cm³/mol. The molecule has 3 rings (SSSR count). The lowest BCUT2D eigenvalue weighted by atomic mass is 9.88. The van der Waals surface area contributed by atoms with Crippen LogP contribution in [0.3, 0.4) is 0 Å². The summed E-state index contributed by atoms with van der Waals surface area (Å²) in [5, 5.41) is 10.7. The standard InChI is InChI=1S/C15H12ClN3/c16-15(14-11-17-19-18-14,12-7-3-1-4-8-12)13-9-5-2-6-10-13/h1-11H,(H,17,18,19). The summed E-state index contributed by atoms with van der Waals surface area (Å²) in [5.74, 6) is 0.